The molecule has 0 bridgehead atoms. The van der Waals surface area contributed by atoms with Crippen LogP contribution in [0.2, 0.25) is 0 Å². The summed E-state index contributed by atoms with van der Waals surface area (Å²) in [5.74, 6) is 1.51. The SMILES string of the molecule is CNCCc1nc(CCN(C)C)no1. The molecule has 1 N–H and O–H groups in total. The van der Waals surface area contributed by atoms with Crippen molar-refractivity contribution in [3.63, 3.8) is 0 Å². The Labute approximate surface area is 84.5 Å². The van der Waals surface area contributed by atoms with Crippen molar-refractivity contribution in [3.05, 3.63) is 11.7 Å². The fourth-order valence-corrected chi connectivity index (χ4v) is 1.05. The van der Waals surface area contributed by atoms with Crippen LogP contribution in [0.5, 0.6) is 0 Å². The summed E-state index contributed by atoms with van der Waals surface area (Å²) in [6.07, 6.45) is 1.64. The molecule has 0 aliphatic carbocycles. The highest BCUT2D eigenvalue weighted by Gasteiger charge is 2.05. The second-order valence-electron chi connectivity index (χ2n) is 3.51. The third kappa shape index (κ3) is 3.85. The van der Waals surface area contributed by atoms with Crippen LogP contribution in [0.1, 0.15) is 11.7 Å². The molecule has 0 radical (unpaired) electrons. The molecule has 5 heteroatoms. The summed E-state index contributed by atoms with van der Waals surface area (Å²) in [6.45, 7) is 1.82. The summed E-state index contributed by atoms with van der Waals surface area (Å²) in [7, 11) is 5.97. The highest BCUT2D eigenvalue weighted by molar-refractivity contribution is 4.87. The maximum Gasteiger partial charge on any atom is 0.227 e. The lowest BCUT2D eigenvalue weighted by molar-refractivity contribution is 0.365. The van der Waals surface area contributed by atoms with E-state index in [2.05, 4.69) is 20.4 Å². The van der Waals surface area contributed by atoms with Gasteiger partial charge in [-0.3, -0.25) is 0 Å². The molecule has 5 nitrogen and oxygen atoms in total. The zero-order chi connectivity index (χ0) is 10.4. The van der Waals surface area contributed by atoms with Crippen molar-refractivity contribution in [1.29, 1.82) is 0 Å². The number of nitrogens with one attached hydrogen (secondary N) is 1. The third-order valence-electron chi connectivity index (χ3n) is 1.88. The average Bonchev–Trinajstić information content (AvgIpc) is 2.59. The maximum atomic E-state index is 5.08. The van der Waals surface area contributed by atoms with Crippen LogP contribution < -0.4 is 5.32 Å². The summed E-state index contributed by atoms with van der Waals surface area (Å²) >= 11 is 0. The van der Waals surface area contributed by atoms with E-state index < -0.39 is 0 Å². The first-order valence-corrected chi connectivity index (χ1v) is 4.83. The Morgan fingerprint density at radius 2 is 2.14 bits per heavy atom. The van der Waals surface area contributed by atoms with Gasteiger partial charge in [0.1, 0.15) is 0 Å². The fraction of sp³-hybridized carbons (Fsp3) is 0.778. The summed E-state index contributed by atoms with van der Waals surface area (Å²) in [4.78, 5) is 6.38. The van der Waals surface area contributed by atoms with E-state index in [4.69, 9.17) is 4.52 Å². The van der Waals surface area contributed by atoms with E-state index in [0.29, 0.717) is 5.89 Å². The van der Waals surface area contributed by atoms with Crippen molar-refractivity contribution in [2.45, 2.75) is 12.8 Å². The minimum atomic E-state index is 0.716. The van der Waals surface area contributed by atoms with Gasteiger partial charge in [-0.05, 0) is 21.1 Å². The largest absolute Gasteiger partial charge is 0.339 e. The lowest BCUT2D eigenvalue weighted by Gasteiger charge is -2.05. The van der Waals surface area contributed by atoms with Gasteiger partial charge in [0.2, 0.25) is 5.89 Å². The van der Waals surface area contributed by atoms with Crippen molar-refractivity contribution >= 4 is 0 Å². The lowest BCUT2D eigenvalue weighted by Crippen LogP contribution is -2.15. The molecule has 0 fully saturated rings. The molecular weight excluding hydrogens is 180 g/mol. The molecule has 0 saturated heterocycles. The smallest absolute Gasteiger partial charge is 0.227 e. The van der Waals surface area contributed by atoms with E-state index in [1.165, 1.54) is 0 Å². The normalized spacial score (nSPS) is 11.1. The van der Waals surface area contributed by atoms with Gasteiger partial charge in [-0.25, -0.2) is 0 Å². The summed E-state index contributed by atoms with van der Waals surface area (Å²) in [5, 5.41) is 6.94. The molecule has 0 aliphatic heterocycles. The van der Waals surface area contributed by atoms with Crippen LogP contribution in [-0.4, -0.2) is 49.3 Å². The predicted octanol–water partition coefficient (Wildman–Crippen LogP) is -0.0644. The molecule has 0 spiro atoms. The van der Waals surface area contributed by atoms with Crippen LogP contribution in [0.25, 0.3) is 0 Å². The topological polar surface area (TPSA) is 54.2 Å². The average molecular weight is 198 g/mol. The Hall–Kier alpha value is -0.940. The molecule has 0 amide bonds. The van der Waals surface area contributed by atoms with E-state index in [0.717, 1.165) is 31.8 Å². The van der Waals surface area contributed by atoms with E-state index >= 15 is 0 Å². The fourth-order valence-electron chi connectivity index (χ4n) is 1.05. The Bertz CT molecular complexity index is 259. The predicted molar refractivity (Wildman–Crippen MR) is 54.2 cm³/mol. The molecule has 0 atom stereocenters. The van der Waals surface area contributed by atoms with Crippen LogP contribution in [-0.2, 0) is 12.8 Å². The van der Waals surface area contributed by atoms with Crippen LogP contribution in [0, 0.1) is 0 Å². The summed E-state index contributed by atoms with van der Waals surface area (Å²) in [5.41, 5.74) is 0. The van der Waals surface area contributed by atoms with Gasteiger partial charge >= 0.3 is 0 Å². The summed E-state index contributed by atoms with van der Waals surface area (Å²) in [6, 6.07) is 0. The van der Waals surface area contributed by atoms with E-state index in [1.54, 1.807) is 0 Å². The molecule has 1 heterocycles. The molecule has 14 heavy (non-hydrogen) atoms. The molecule has 0 aliphatic rings. The van der Waals surface area contributed by atoms with E-state index in [9.17, 15) is 0 Å². The van der Waals surface area contributed by atoms with Crippen LogP contribution in [0.15, 0.2) is 4.52 Å². The number of nitrogens with zero attached hydrogens (tertiary/aromatic N) is 3. The molecular formula is C9H18N4O. The Morgan fingerprint density at radius 3 is 2.79 bits per heavy atom. The van der Waals surface area contributed by atoms with Gasteiger partial charge < -0.3 is 14.7 Å². The van der Waals surface area contributed by atoms with Crippen LogP contribution >= 0.6 is 0 Å². The molecule has 1 aromatic heterocycles. The second-order valence-corrected chi connectivity index (χ2v) is 3.51. The third-order valence-corrected chi connectivity index (χ3v) is 1.88. The molecule has 0 aromatic carbocycles. The minimum absolute atomic E-state index is 0.716. The van der Waals surface area contributed by atoms with Crippen LogP contribution in [0.3, 0.4) is 0 Å². The number of aromatic nitrogens is 2. The molecule has 0 saturated carbocycles. The molecule has 80 valence electrons. The maximum absolute atomic E-state index is 5.08. The first-order valence-electron chi connectivity index (χ1n) is 4.83. The zero-order valence-electron chi connectivity index (χ0n) is 9.08. The summed E-state index contributed by atoms with van der Waals surface area (Å²) < 4.78 is 5.08. The standard InChI is InChI=1S/C9H18N4O/c1-10-6-4-9-11-8(12-14-9)5-7-13(2)3/h10H,4-7H2,1-3H3. The van der Waals surface area contributed by atoms with Gasteiger partial charge in [-0.15, -0.1) is 0 Å². The molecule has 1 rings (SSSR count). The number of rotatable bonds is 6. The van der Waals surface area contributed by atoms with Gasteiger partial charge in [0.05, 0.1) is 0 Å². The van der Waals surface area contributed by atoms with Crippen LogP contribution in [0.4, 0.5) is 0 Å². The van der Waals surface area contributed by atoms with Crippen molar-refractivity contribution in [3.8, 4) is 0 Å². The van der Waals surface area contributed by atoms with Crippen molar-refractivity contribution < 1.29 is 4.52 Å². The highest BCUT2D eigenvalue weighted by Crippen LogP contribution is 1.98. The quantitative estimate of drug-likeness (QED) is 0.693. The first kappa shape index (κ1) is 11.1. The van der Waals surface area contributed by atoms with Crippen molar-refractivity contribution in [2.24, 2.45) is 0 Å². The zero-order valence-corrected chi connectivity index (χ0v) is 9.08. The molecule has 1 aromatic rings. The van der Waals surface area contributed by atoms with Crippen molar-refractivity contribution in [1.82, 2.24) is 20.4 Å². The van der Waals surface area contributed by atoms with Gasteiger partial charge in [0.25, 0.3) is 0 Å². The number of hydrogen-bond donors (Lipinski definition) is 1. The van der Waals surface area contributed by atoms with Gasteiger partial charge in [-0.2, -0.15) is 4.98 Å². The minimum Gasteiger partial charge on any atom is -0.339 e. The Morgan fingerprint density at radius 1 is 1.36 bits per heavy atom. The Kier molecular flexibility index (Phi) is 4.55. The van der Waals surface area contributed by atoms with Gasteiger partial charge in [-0.1, -0.05) is 5.16 Å². The first-order chi connectivity index (χ1) is 6.72. The number of likely N-dealkylation sites (N-methyl/N-ethyl adjacent to an activating group) is 2. The lowest BCUT2D eigenvalue weighted by atomic mass is 10.4. The van der Waals surface area contributed by atoms with Gasteiger partial charge in [0.15, 0.2) is 5.82 Å². The van der Waals surface area contributed by atoms with Crippen molar-refractivity contribution in [2.75, 3.05) is 34.2 Å². The molecule has 0 unspecified atom stereocenters. The van der Waals surface area contributed by atoms with E-state index in [-0.39, 0.29) is 0 Å². The number of hydrogen-bond acceptors (Lipinski definition) is 5. The Balaban J connectivity index is 2.35. The monoisotopic (exact) mass is 198 g/mol. The second kappa shape index (κ2) is 5.72. The highest BCUT2D eigenvalue weighted by atomic mass is 16.5. The van der Waals surface area contributed by atoms with E-state index in [1.807, 2.05) is 21.1 Å². The van der Waals surface area contributed by atoms with Gasteiger partial charge in [0, 0.05) is 25.9 Å².